The van der Waals surface area contributed by atoms with Crippen LogP contribution in [-0.4, -0.2) is 27.5 Å². The summed E-state index contributed by atoms with van der Waals surface area (Å²) in [5, 5.41) is 0.645. The molecular formula is C27H25NO7S. The quantitative estimate of drug-likeness (QED) is 0.213. The molecule has 4 rings (SSSR count). The van der Waals surface area contributed by atoms with Gasteiger partial charge in [0, 0.05) is 17.5 Å². The van der Waals surface area contributed by atoms with Crippen LogP contribution >= 0.6 is 0 Å². The number of sulfonamides is 1. The fraction of sp³-hybridized carbons (Fsp3) is 0.185. The summed E-state index contributed by atoms with van der Waals surface area (Å²) in [6, 6.07) is 18.5. The Bertz CT molecular complexity index is 1560. The maximum Gasteiger partial charge on any atom is 0.336 e. The Kier molecular flexibility index (Phi) is 7.23. The van der Waals surface area contributed by atoms with Crippen LogP contribution in [0.3, 0.4) is 0 Å². The monoisotopic (exact) mass is 507 g/mol. The second kappa shape index (κ2) is 10.3. The molecule has 0 saturated carbocycles. The zero-order valence-electron chi connectivity index (χ0n) is 20.0. The largest absolute Gasteiger partial charge is 0.497 e. The fourth-order valence-electron chi connectivity index (χ4n) is 3.67. The van der Waals surface area contributed by atoms with Crippen LogP contribution in [0.15, 0.2) is 86.9 Å². The van der Waals surface area contributed by atoms with E-state index in [1.54, 1.807) is 50.4 Å². The lowest BCUT2D eigenvalue weighted by Gasteiger charge is -2.16. The molecule has 0 aliphatic rings. The topological polar surface area (TPSA) is 112 Å². The molecule has 1 aromatic heterocycles. The Morgan fingerprint density at radius 1 is 0.972 bits per heavy atom. The zero-order valence-corrected chi connectivity index (χ0v) is 20.8. The summed E-state index contributed by atoms with van der Waals surface area (Å²) >= 11 is 0. The molecule has 1 N–H and O–H groups in total. The van der Waals surface area contributed by atoms with Crippen LogP contribution in [0, 0.1) is 6.92 Å². The van der Waals surface area contributed by atoms with Crippen molar-refractivity contribution in [2.45, 2.75) is 31.2 Å². The van der Waals surface area contributed by atoms with E-state index in [1.165, 1.54) is 24.3 Å². The van der Waals surface area contributed by atoms with Gasteiger partial charge >= 0.3 is 11.6 Å². The third kappa shape index (κ3) is 5.48. The Morgan fingerprint density at radius 3 is 2.28 bits per heavy atom. The minimum absolute atomic E-state index is 0.0536. The molecule has 0 aliphatic carbocycles. The van der Waals surface area contributed by atoms with Gasteiger partial charge in [0.05, 0.1) is 12.0 Å². The van der Waals surface area contributed by atoms with Crippen molar-refractivity contribution < 1.29 is 27.1 Å². The van der Waals surface area contributed by atoms with Crippen LogP contribution < -0.4 is 19.8 Å². The van der Waals surface area contributed by atoms with Gasteiger partial charge in [0.1, 0.15) is 23.1 Å². The predicted molar refractivity (Wildman–Crippen MR) is 136 cm³/mol. The minimum Gasteiger partial charge on any atom is -0.497 e. The number of carbonyl (C=O) groups excluding carboxylic acids is 1. The number of methoxy groups -OCH3 is 1. The maximum absolute atomic E-state index is 12.8. The number of rotatable bonds is 8. The van der Waals surface area contributed by atoms with Gasteiger partial charge in [-0.15, -0.1) is 0 Å². The first kappa shape index (κ1) is 25.2. The van der Waals surface area contributed by atoms with E-state index in [1.807, 2.05) is 19.1 Å². The summed E-state index contributed by atoms with van der Waals surface area (Å²) in [7, 11) is -2.36. The Labute approximate surface area is 208 Å². The summed E-state index contributed by atoms with van der Waals surface area (Å²) in [5.74, 6) is 0.0282. The van der Waals surface area contributed by atoms with Crippen molar-refractivity contribution in [1.29, 1.82) is 0 Å². The van der Waals surface area contributed by atoms with E-state index in [2.05, 4.69) is 4.72 Å². The second-order valence-corrected chi connectivity index (χ2v) is 9.90. The van der Waals surface area contributed by atoms with Crippen molar-refractivity contribution in [2.24, 2.45) is 0 Å². The summed E-state index contributed by atoms with van der Waals surface area (Å²) in [5.41, 5.74) is 2.02. The molecule has 36 heavy (non-hydrogen) atoms. The van der Waals surface area contributed by atoms with Gasteiger partial charge in [-0.2, -0.15) is 4.72 Å². The van der Waals surface area contributed by atoms with Crippen LogP contribution in [0.5, 0.6) is 11.5 Å². The Hall–Kier alpha value is -3.95. The second-order valence-electron chi connectivity index (χ2n) is 8.18. The molecule has 0 amide bonds. The van der Waals surface area contributed by atoms with E-state index >= 15 is 0 Å². The third-order valence-corrected chi connectivity index (χ3v) is 7.14. The molecular weight excluding hydrogens is 482 g/mol. The minimum atomic E-state index is -3.93. The lowest BCUT2D eigenvalue weighted by Crippen LogP contribution is -2.42. The van der Waals surface area contributed by atoms with Crippen molar-refractivity contribution in [3.05, 3.63) is 88.8 Å². The average Bonchev–Trinajstić information content (AvgIpc) is 2.87. The Morgan fingerprint density at radius 2 is 1.64 bits per heavy atom. The average molecular weight is 508 g/mol. The first-order valence-electron chi connectivity index (χ1n) is 11.2. The molecule has 0 unspecified atom stereocenters. The van der Waals surface area contributed by atoms with Gasteiger partial charge < -0.3 is 13.9 Å². The highest BCUT2D eigenvalue weighted by Gasteiger charge is 2.26. The van der Waals surface area contributed by atoms with Crippen LogP contribution in [0.4, 0.5) is 0 Å². The van der Waals surface area contributed by atoms with E-state index in [4.69, 9.17) is 13.9 Å². The first-order chi connectivity index (χ1) is 17.2. The van der Waals surface area contributed by atoms with E-state index in [-0.39, 0.29) is 22.6 Å². The summed E-state index contributed by atoms with van der Waals surface area (Å²) < 4.78 is 43.8. The molecule has 0 aliphatic heterocycles. The van der Waals surface area contributed by atoms with E-state index < -0.39 is 27.7 Å². The van der Waals surface area contributed by atoms with Crippen molar-refractivity contribution in [2.75, 3.05) is 7.11 Å². The normalized spacial score (nSPS) is 12.3. The summed E-state index contributed by atoms with van der Waals surface area (Å²) in [4.78, 5) is 25.1. The van der Waals surface area contributed by atoms with E-state index in [0.717, 1.165) is 11.1 Å². The van der Waals surface area contributed by atoms with Gasteiger partial charge in [-0.25, -0.2) is 18.0 Å². The lowest BCUT2D eigenvalue weighted by atomic mass is 10.0. The zero-order chi connectivity index (χ0) is 25.9. The molecule has 0 spiro atoms. The summed E-state index contributed by atoms with van der Waals surface area (Å²) in [6.07, 6.45) is 0.175. The molecule has 0 bridgehead atoms. The predicted octanol–water partition coefficient (Wildman–Crippen LogP) is 4.44. The highest BCUT2D eigenvalue weighted by Crippen LogP contribution is 2.31. The van der Waals surface area contributed by atoms with Crippen molar-refractivity contribution in [1.82, 2.24) is 4.72 Å². The van der Waals surface area contributed by atoms with Crippen LogP contribution in [0.1, 0.15) is 18.9 Å². The van der Waals surface area contributed by atoms with E-state index in [9.17, 15) is 18.0 Å². The summed E-state index contributed by atoms with van der Waals surface area (Å²) in [6.45, 7) is 3.52. The van der Waals surface area contributed by atoms with Crippen molar-refractivity contribution in [3.63, 3.8) is 0 Å². The number of aryl methyl sites for hydroxylation is 1. The number of benzene rings is 3. The molecule has 4 aromatic rings. The third-order valence-electron chi connectivity index (χ3n) is 5.66. The molecule has 0 fully saturated rings. The number of fused-ring (bicyclic) bond motifs is 1. The smallest absolute Gasteiger partial charge is 0.336 e. The molecule has 1 atom stereocenters. The number of nitrogens with one attached hydrogen (secondary N) is 1. The SMILES string of the molecule is CC[C@@H](NS(=O)(=O)c1ccc(C)cc1)C(=O)Oc1ccc2c(-c3ccc(OC)cc3)cc(=O)oc2c1. The first-order valence-corrected chi connectivity index (χ1v) is 12.7. The van der Waals surface area contributed by atoms with Crippen LogP contribution in [-0.2, 0) is 14.8 Å². The van der Waals surface area contributed by atoms with Gasteiger partial charge in [-0.05, 0) is 60.9 Å². The van der Waals surface area contributed by atoms with Gasteiger partial charge in [0.25, 0.3) is 0 Å². The van der Waals surface area contributed by atoms with Crippen molar-refractivity contribution >= 4 is 27.0 Å². The Balaban J connectivity index is 1.58. The molecule has 9 heteroatoms. The number of hydrogen-bond donors (Lipinski definition) is 1. The maximum atomic E-state index is 12.8. The number of carbonyl (C=O) groups is 1. The number of esters is 1. The van der Waals surface area contributed by atoms with Gasteiger partial charge in [0.15, 0.2) is 0 Å². The highest BCUT2D eigenvalue weighted by molar-refractivity contribution is 7.89. The van der Waals surface area contributed by atoms with Gasteiger partial charge in [-0.1, -0.05) is 36.8 Å². The highest BCUT2D eigenvalue weighted by atomic mass is 32.2. The molecule has 3 aromatic carbocycles. The molecule has 0 radical (unpaired) electrons. The van der Waals surface area contributed by atoms with E-state index in [0.29, 0.717) is 16.7 Å². The van der Waals surface area contributed by atoms with Crippen LogP contribution in [0.2, 0.25) is 0 Å². The molecule has 8 nitrogen and oxygen atoms in total. The van der Waals surface area contributed by atoms with Crippen LogP contribution in [0.25, 0.3) is 22.1 Å². The number of ether oxygens (including phenoxy) is 2. The van der Waals surface area contributed by atoms with Crippen molar-refractivity contribution in [3.8, 4) is 22.6 Å². The van der Waals surface area contributed by atoms with Gasteiger partial charge in [-0.3, -0.25) is 0 Å². The lowest BCUT2D eigenvalue weighted by molar-refractivity contribution is -0.136. The van der Waals surface area contributed by atoms with Gasteiger partial charge in [0.2, 0.25) is 10.0 Å². The molecule has 1 heterocycles. The molecule has 186 valence electrons. The molecule has 0 saturated heterocycles. The number of hydrogen-bond acceptors (Lipinski definition) is 7. The standard InChI is InChI=1S/C27H25NO7S/c1-4-24(28-36(31,32)21-12-5-17(2)6-13-21)27(30)34-20-11-14-22-23(16-26(29)35-25(22)15-20)18-7-9-19(33-3)10-8-18/h5-16,24,28H,4H2,1-3H3/t24-/m1/s1. The fourth-order valence-corrected chi connectivity index (χ4v) is 4.94.